The first-order valence-electron chi connectivity index (χ1n) is 10.8. The van der Waals surface area contributed by atoms with Gasteiger partial charge in [-0.15, -0.1) is 0 Å². The lowest BCUT2D eigenvalue weighted by Gasteiger charge is -2.35. The van der Waals surface area contributed by atoms with E-state index in [9.17, 15) is 22.8 Å². The normalized spacial score (nSPS) is 18.1. The van der Waals surface area contributed by atoms with Crippen molar-refractivity contribution in [2.24, 2.45) is 0 Å². The highest BCUT2D eigenvalue weighted by molar-refractivity contribution is 5.98. The van der Waals surface area contributed by atoms with Gasteiger partial charge in [-0.3, -0.25) is 9.59 Å². The molecule has 0 radical (unpaired) electrons. The Bertz CT molecular complexity index is 1060. The zero-order valence-electron chi connectivity index (χ0n) is 18.5. The summed E-state index contributed by atoms with van der Waals surface area (Å²) in [5.41, 5.74) is 0.341. The Morgan fingerprint density at radius 3 is 2.53 bits per heavy atom. The molecule has 2 N–H and O–H groups in total. The van der Waals surface area contributed by atoms with Gasteiger partial charge in [-0.1, -0.05) is 12.1 Å². The Morgan fingerprint density at radius 2 is 1.82 bits per heavy atom. The summed E-state index contributed by atoms with van der Waals surface area (Å²) < 4.78 is 51.2. The summed E-state index contributed by atoms with van der Waals surface area (Å²) in [4.78, 5) is 28.7. The first-order chi connectivity index (χ1) is 16.3. The molecule has 0 saturated carbocycles. The second-order valence-corrected chi connectivity index (χ2v) is 7.95. The van der Waals surface area contributed by atoms with E-state index in [0.29, 0.717) is 43.4 Å². The molecule has 2 aliphatic rings. The molecule has 2 aromatic rings. The van der Waals surface area contributed by atoms with Crippen LogP contribution in [-0.2, 0) is 20.5 Å². The number of carbonyl (C=O) groups excluding carboxylic acids is 2. The number of morpholine rings is 1. The highest BCUT2D eigenvalue weighted by Gasteiger charge is 2.33. The average Bonchev–Trinajstić information content (AvgIpc) is 2.83. The number of hydrogen-bond acceptors (Lipinski definition) is 6. The first kappa shape index (κ1) is 23.7. The van der Waals surface area contributed by atoms with Gasteiger partial charge in [0.2, 0.25) is 5.91 Å². The molecule has 2 aromatic carbocycles. The van der Waals surface area contributed by atoms with Gasteiger partial charge in [0.1, 0.15) is 5.75 Å². The van der Waals surface area contributed by atoms with Gasteiger partial charge in [0.05, 0.1) is 48.9 Å². The lowest BCUT2D eigenvalue weighted by Crippen LogP contribution is -2.50. The molecule has 11 heteroatoms. The van der Waals surface area contributed by atoms with E-state index in [1.807, 2.05) is 4.90 Å². The van der Waals surface area contributed by atoms with E-state index in [4.69, 9.17) is 9.47 Å². The standard InChI is InChI=1S/C23H25F3N4O4/c1-27-22(32)20-13-30(18-4-2-3-5-19(18)34-20)14-21(31)28-16-12-15(23(24,25)26)6-7-17(16)29-8-10-33-11-9-29/h2-7,12,20H,8-11,13-14H2,1H3,(H,27,32)(H,28,31). The maximum atomic E-state index is 13.4. The minimum Gasteiger partial charge on any atom is -0.477 e. The number of hydrogen-bond donors (Lipinski definition) is 2. The third-order valence-electron chi connectivity index (χ3n) is 5.68. The van der Waals surface area contributed by atoms with Crippen LogP contribution in [0.3, 0.4) is 0 Å². The van der Waals surface area contributed by atoms with E-state index < -0.39 is 23.8 Å². The number of para-hydroxylation sites is 2. The van der Waals surface area contributed by atoms with Crippen LogP contribution in [0.1, 0.15) is 5.56 Å². The Labute approximate surface area is 194 Å². The minimum absolute atomic E-state index is 0.0751. The van der Waals surface area contributed by atoms with Crippen molar-refractivity contribution in [2.75, 3.05) is 61.6 Å². The van der Waals surface area contributed by atoms with Gasteiger partial charge in [-0.05, 0) is 30.3 Å². The fourth-order valence-corrected chi connectivity index (χ4v) is 4.01. The number of halogens is 3. The van der Waals surface area contributed by atoms with Gasteiger partial charge in [-0.25, -0.2) is 0 Å². The third-order valence-corrected chi connectivity index (χ3v) is 5.68. The molecule has 2 heterocycles. The van der Waals surface area contributed by atoms with Gasteiger partial charge < -0.3 is 29.9 Å². The number of ether oxygens (including phenoxy) is 2. The van der Waals surface area contributed by atoms with Crippen LogP contribution >= 0.6 is 0 Å². The quantitative estimate of drug-likeness (QED) is 0.687. The second-order valence-electron chi connectivity index (χ2n) is 7.95. The van der Waals surface area contributed by atoms with E-state index in [0.717, 1.165) is 12.1 Å². The SMILES string of the molecule is CNC(=O)C1CN(CC(=O)Nc2cc(C(F)(F)F)ccc2N2CCOCC2)c2ccccc2O1. The molecule has 0 bridgehead atoms. The van der Waals surface area contributed by atoms with Crippen molar-refractivity contribution in [3.05, 3.63) is 48.0 Å². The predicted molar refractivity (Wildman–Crippen MR) is 120 cm³/mol. The fourth-order valence-electron chi connectivity index (χ4n) is 4.01. The van der Waals surface area contributed by atoms with E-state index in [2.05, 4.69) is 10.6 Å². The van der Waals surface area contributed by atoms with Crippen molar-refractivity contribution >= 4 is 28.9 Å². The number of alkyl halides is 3. The van der Waals surface area contributed by atoms with Crippen molar-refractivity contribution in [2.45, 2.75) is 12.3 Å². The van der Waals surface area contributed by atoms with Gasteiger partial charge in [0.25, 0.3) is 5.91 Å². The van der Waals surface area contributed by atoms with Crippen LogP contribution in [0.2, 0.25) is 0 Å². The fraction of sp³-hybridized carbons (Fsp3) is 0.391. The Hall–Kier alpha value is -3.47. The van der Waals surface area contributed by atoms with Crippen molar-refractivity contribution in [3.8, 4) is 5.75 Å². The summed E-state index contributed by atoms with van der Waals surface area (Å²) in [6, 6.07) is 10.3. The summed E-state index contributed by atoms with van der Waals surface area (Å²) in [5, 5.41) is 5.18. The molecule has 0 spiro atoms. The number of anilines is 3. The Morgan fingerprint density at radius 1 is 1.09 bits per heavy atom. The molecule has 1 unspecified atom stereocenters. The summed E-state index contributed by atoms with van der Waals surface area (Å²) in [6.45, 7) is 1.83. The van der Waals surface area contributed by atoms with Crippen molar-refractivity contribution in [3.63, 3.8) is 0 Å². The number of carbonyl (C=O) groups is 2. The number of benzene rings is 2. The molecule has 2 aliphatic heterocycles. The number of rotatable bonds is 5. The highest BCUT2D eigenvalue weighted by atomic mass is 19.4. The maximum Gasteiger partial charge on any atom is 0.416 e. The predicted octanol–water partition coefficient (Wildman–Crippen LogP) is 2.49. The summed E-state index contributed by atoms with van der Waals surface area (Å²) in [5.74, 6) is -0.406. The molecule has 8 nitrogen and oxygen atoms in total. The number of nitrogens with zero attached hydrogens (tertiary/aromatic N) is 2. The molecular formula is C23H25F3N4O4. The lowest BCUT2D eigenvalue weighted by atomic mass is 10.1. The smallest absolute Gasteiger partial charge is 0.416 e. The van der Waals surface area contributed by atoms with Crippen LogP contribution < -0.4 is 25.2 Å². The Kier molecular flexibility index (Phi) is 6.82. The zero-order valence-corrected chi connectivity index (χ0v) is 18.5. The maximum absolute atomic E-state index is 13.4. The number of nitrogens with one attached hydrogen (secondary N) is 2. The first-order valence-corrected chi connectivity index (χ1v) is 10.8. The van der Waals surface area contributed by atoms with Crippen molar-refractivity contribution in [1.29, 1.82) is 0 Å². The topological polar surface area (TPSA) is 83.1 Å². The van der Waals surface area contributed by atoms with Gasteiger partial charge in [-0.2, -0.15) is 13.2 Å². The number of fused-ring (bicyclic) bond motifs is 1. The monoisotopic (exact) mass is 478 g/mol. The average molecular weight is 478 g/mol. The molecule has 0 aromatic heterocycles. The zero-order chi connectivity index (χ0) is 24.3. The second kappa shape index (κ2) is 9.80. The molecule has 0 aliphatic carbocycles. The van der Waals surface area contributed by atoms with Crippen LogP contribution in [-0.4, -0.2) is 64.4 Å². The largest absolute Gasteiger partial charge is 0.477 e. The van der Waals surface area contributed by atoms with Crippen molar-refractivity contribution < 1.29 is 32.2 Å². The van der Waals surface area contributed by atoms with E-state index in [1.165, 1.54) is 13.1 Å². The molecule has 1 saturated heterocycles. The van der Waals surface area contributed by atoms with Crippen LogP contribution in [0.15, 0.2) is 42.5 Å². The molecule has 4 rings (SSSR count). The molecule has 182 valence electrons. The van der Waals surface area contributed by atoms with Crippen LogP contribution in [0.4, 0.5) is 30.2 Å². The van der Waals surface area contributed by atoms with Crippen LogP contribution in [0.5, 0.6) is 5.75 Å². The summed E-state index contributed by atoms with van der Waals surface area (Å²) in [7, 11) is 1.49. The lowest BCUT2D eigenvalue weighted by molar-refractivity contribution is -0.137. The van der Waals surface area contributed by atoms with Gasteiger partial charge >= 0.3 is 6.18 Å². The third kappa shape index (κ3) is 5.19. The van der Waals surface area contributed by atoms with E-state index in [-0.39, 0.29) is 24.7 Å². The van der Waals surface area contributed by atoms with Crippen LogP contribution in [0, 0.1) is 0 Å². The molecule has 1 atom stereocenters. The van der Waals surface area contributed by atoms with Crippen LogP contribution in [0.25, 0.3) is 0 Å². The van der Waals surface area contributed by atoms with Crippen molar-refractivity contribution in [1.82, 2.24) is 5.32 Å². The van der Waals surface area contributed by atoms with Gasteiger partial charge in [0.15, 0.2) is 6.10 Å². The Balaban J connectivity index is 1.57. The molecule has 34 heavy (non-hydrogen) atoms. The summed E-state index contributed by atoms with van der Waals surface area (Å²) in [6.07, 6.45) is -5.38. The number of likely N-dealkylation sites (N-methyl/N-ethyl adjacent to an activating group) is 1. The number of amides is 2. The van der Waals surface area contributed by atoms with E-state index >= 15 is 0 Å². The van der Waals surface area contributed by atoms with E-state index in [1.54, 1.807) is 29.2 Å². The minimum atomic E-state index is -4.55. The molecule has 1 fully saturated rings. The van der Waals surface area contributed by atoms with Gasteiger partial charge in [0, 0.05) is 20.1 Å². The molecular weight excluding hydrogens is 453 g/mol. The highest BCUT2D eigenvalue weighted by Crippen LogP contribution is 2.36. The molecule has 2 amide bonds. The summed E-state index contributed by atoms with van der Waals surface area (Å²) >= 11 is 0.